The summed E-state index contributed by atoms with van der Waals surface area (Å²) in [7, 11) is -8.20. The van der Waals surface area contributed by atoms with Crippen LogP contribution in [0.1, 0.15) is 103 Å². The monoisotopic (exact) mass is 550 g/mol. The van der Waals surface area contributed by atoms with E-state index in [2.05, 4.69) is 6.92 Å². The first-order valence-electron chi connectivity index (χ1n) is 12.6. The summed E-state index contributed by atoms with van der Waals surface area (Å²) in [6, 6.07) is 3.91. The third-order valence-corrected chi connectivity index (χ3v) is 9.79. The minimum absolute atomic E-state index is 0.296. The van der Waals surface area contributed by atoms with Gasteiger partial charge in [0, 0.05) is 17.4 Å². The number of fused-ring (bicyclic) bond motifs is 2. The first-order chi connectivity index (χ1) is 17.4. The number of ketones is 2. The van der Waals surface area contributed by atoms with Crippen molar-refractivity contribution in [1.82, 2.24) is 0 Å². The lowest BCUT2D eigenvalue weighted by Crippen LogP contribution is -2.24. The molecule has 3 rings (SSSR count). The molecular weight excluding hydrogens is 516 g/mol. The normalized spacial score (nSPS) is 13.5. The van der Waals surface area contributed by atoms with E-state index in [9.17, 15) is 36.6 Å². The van der Waals surface area contributed by atoms with Crippen LogP contribution in [0, 0.1) is 0 Å². The lowest BCUT2D eigenvalue weighted by atomic mass is 9.83. The Hall–Kier alpha value is -2.72. The van der Waals surface area contributed by atoms with E-state index in [0.29, 0.717) is 12.8 Å². The highest BCUT2D eigenvalue weighted by Gasteiger charge is 2.37. The van der Waals surface area contributed by atoms with Crippen molar-refractivity contribution in [2.75, 3.05) is 12.0 Å². The molecule has 0 atom stereocenters. The van der Waals surface area contributed by atoms with Gasteiger partial charge in [-0.05, 0) is 30.7 Å². The van der Waals surface area contributed by atoms with E-state index < -0.39 is 63.7 Å². The molecule has 202 valence electrons. The second-order valence-corrected chi connectivity index (χ2v) is 13.7. The highest BCUT2D eigenvalue weighted by molar-refractivity contribution is 7.94. The summed E-state index contributed by atoms with van der Waals surface area (Å²) in [5.41, 5.74) is -1.55. The molecule has 0 radical (unpaired) electrons. The van der Waals surface area contributed by atoms with Gasteiger partial charge < -0.3 is 10.2 Å². The van der Waals surface area contributed by atoms with Crippen LogP contribution in [0.25, 0.3) is 0 Å². The number of hydrogen-bond acceptors (Lipinski definition) is 8. The summed E-state index contributed by atoms with van der Waals surface area (Å²) >= 11 is 0. The topological polar surface area (TPSA) is 143 Å². The maximum Gasteiger partial charge on any atom is 0.198 e. The number of unbranched alkanes of at least 4 members (excludes halogenated alkanes) is 9. The van der Waals surface area contributed by atoms with Crippen LogP contribution < -0.4 is 0 Å². The fraction of sp³-hybridized carbons (Fsp3) is 0.481. The number of sulfone groups is 2. The van der Waals surface area contributed by atoms with E-state index in [-0.39, 0.29) is 16.9 Å². The number of carbonyl (C=O) groups is 2. The van der Waals surface area contributed by atoms with Crippen molar-refractivity contribution in [2.45, 2.75) is 80.9 Å². The fourth-order valence-electron chi connectivity index (χ4n) is 4.67. The van der Waals surface area contributed by atoms with Crippen molar-refractivity contribution in [2.24, 2.45) is 0 Å². The molecule has 0 saturated carbocycles. The summed E-state index contributed by atoms with van der Waals surface area (Å²) in [5.74, 6) is -3.13. The molecule has 1 aliphatic carbocycles. The predicted molar refractivity (Wildman–Crippen MR) is 140 cm³/mol. The predicted octanol–water partition coefficient (Wildman–Crippen LogP) is 4.97. The Labute approximate surface area is 218 Å². The molecule has 0 fully saturated rings. The van der Waals surface area contributed by atoms with Crippen molar-refractivity contribution in [3.8, 4) is 11.5 Å². The molecule has 0 unspecified atom stereocenters. The van der Waals surface area contributed by atoms with E-state index in [4.69, 9.17) is 0 Å². The molecule has 0 bridgehead atoms. The third-order valence-electron chi connectivity index (χ3n) is 6.69. The number of rotatable bonds is 13. The molecule has 2 aromatic carbocycles. The van der Waals surface area contributed by atoms with Gasteiger partial charge in [0.2, 0.25) is 0 Å². The number of benzene rings is 2. The molecule has 1 aliphatic rings. The summed E-state index contributed by atoms with van der Waals surface area (Å²) in [6.07, 6.45) is 10.9. The first kappa shape index (κ1) is 28.8. The molecule has 2 aromatic rings. The summed E-state index contributed by atoms with van der Waals surface area (Å²) in [4.78, 5) is 25.1. The van der Waals surface area contributed by atoms with E-state index >= 15 is 0 Å². The van der Waals surface area contributed by atoms with E-state index in [1.807, 2.05) is 0 Å². The van der Waals surface area contributed by atoms with Crippen LogP contribution in [-0.4, -0.2) is 50.6 Å². The van der Waals surface area contributed by atoms with Crippen LogP contribution in [0.4, 0.5) is 0 Å². The quantitative estimate of drug-likeness (QED) is 0.224. The van der Waals surface area contributed by atoms with Gasteiger partial charge in [0.1, 0.15) is 11.5 Å². The van der Waals surface area contributed by atoms with Gasteiger partial charge in [-0.2, -0.15) is 0 Å². The number of carbonyl (C=O) groups excluding carboxylic acids is 2. The van der Waals surface area contributed by atoms with Crippen molar-refractivity contribution in [3.63, 3.8) is 0 Å². The molecule has 37 heavy (non-hydrogen) atoms. The zero-order valence-corrected chi connectivity index (χ0v) is 22.9. The van der Waals surface area contributed by atoms with Crippen LogP contribution in [0.2, 0.25) is 0 Å². The number of phenols is 2. The molecule has 0 heterocycles. The highest BCUT2D eigenvalue weighted by Crippen LogP contribution is 2.39. The van der Waals surface area contributed by atoms with E-state index in [1.54, 1.807) is 0 Å². The molecular formula is C27H34O8S2. The second-order valence-electron chi connectivity index (χ2n) is 9.63. The van der Waals surface area contributed by atoms with Gasteiger partial charge in [0.05, 0.1) is 26.7 Å². The van der Waals surface area contributed by atoms with Gasteiger partial charge in [-0.25, -0.2) is 16.8 Å². The zero-order chi connectivity index (χ0) is 27.4. The molecule has 0 aliphatic heterocycles. The largest absolute Gasteiger partial charge is 0.507 e. The van der Waals surface area contributed by atoms with Gasteiger partial charge in [-0.1, -0.05) is 64.7 Å². The Balaban J connectivity index is 1.83. The fourth-order valence-corrected chi connectivity index (χ4v) is 7.73. The molecule has 0 spiro atoms. The van der Waals surface area contributed by atoms with Crippen molar-refractivity contribution < 1.29 is 36.6 Å². The Kier molecular flexibility index (Phi) is 9.18. The molecule has 10 heteroatoms. The van der Waals surface area contributed by atoms with Crippen molar-refractivity contribution in [3.05, 3.63) is 46.5 Å². The van der Waals surface area contributed by atoms with E-state index in [1.165, 1.54) is 25.7 Å². The smallest absolute Gasteiger partial charge is 0.198 e. The lowest BCUT2D eigenvalue weighted by molar-refractivity contribution is 0.0973. The third kappa shape index (κ3) is 6.41. The van der Waals surface area contributed by atoms with E-state index in [0.717, 1.165) is 56.2 Å². The first-order valence-corrected chi connectivity index (χ1v) is 16.2. The Morgan fingerprint density at radius 2 is 1.05 bits per heavy atom. The minimum atomic E-state index is -4.11. The van der Waals surface area contributed by atoms with Crippen molar-refractivity contribution in [1.29, 1.82) is 0 Å². The van der Waals surface area contributed by atoms with Gasteiger partial charge in [0.15, 0.2) is 31.2 Å². The maximum atomic E-state index is 13.2. The van der Waals surface area contributed by atoms with Crippen LogP contribution in [-0.2, 0) is 19.7 Å². The molecule has 0 saturated heterocycles. The minimum Gasteiger partial charge on any atom is -0.507 e. The van der Waals surface area contributed by atoms with Crippen LogP contribution in [0.5, 0.6) is 11.5 Å². The van der Waals surface area contributed by atoms with Gasteiger partial charge in [-0.3, -0.25) is 9.59 Å². The zero-order valence-electron chi connectivity index (χ0n) is 21.2. The Bertz CT molecular complexity index is 1410. The molecule has 8 nitrogen and oxygen atoms in total. The second kappa shape index (κ2) is 11.8. The highest BCUT2D eigenvalue weighted by atomic mass is 32.2. The van der Waals surface area contributed by atoms with Crippen LogP contribution in [0.3, 0.4) is 0 Å². The van der Waals surface area contributed by atoms with Crippen LogP contribution in [0.15, 0.2) is 34.1 Å². The van der Waals surface area contributed by atoms with Gasteiger partial charge in [-0.15, -0.1) is 0 Å². The van der Waals surface area contributed by atoms with Gasteiger partial charge in [0.25, 0.3) is 0 Å². The molecule has 0 aromatic heterocycles. The average Bonchev–Trinajstić information content (AvgIpc) is 2.83. The van der Waals surface area contributed by atoms with Crippen molar-refractivity contribution >= 4 is 31.2 Å². The summed E-state index contributed by atoms with van der Waals surface area (Å²) in [5, 5.41) is 20.3. The number of phenolic OH excluding ortho intramolecular Hbond substituents is 2. The summed E-state index contributed by atoms with van der Waals surface area (Å²) in [6.45, 7) is 2.17. The Morgan fingerprint density at radius 3 is 1.49 bits per heavy atom. The maximum absolute atomic E-state index is 13.2. The SMILES string of the molecule is CCCCCCCCCCCCS(=O)(=O)c1cc2c(cc1S(C)(=O)=O)C(=O)c1c(O)ccc(O)c1C2=O. The number of aromatic hydroxyl groups is 2. The van der Waals surface area contributed by atoms with Gasteiger partial charge >= 0.3 is 0 Å². The molecule has 2 N–H and O–H groups in total. The average molecular weight is 551 g/mol. The number of hydrogen-bond donors (Lipinski definition) is 2. The Morgan fingerprint density at radius 1 is 0.649 bits per heavy atom. The lowest BCUT2D eigenvalue weighted by Gasteiger charge is -2.21. The summed E-state index contributed by atoms with van der Waals surface area (Å²) < 4.78 is 51.5. The molecule has 0 amide bonds. The standard InChI is InChI=1S/C27H34O8S2/c1-3-4-5-6-7-8-9-10-11-12-15-37(34,35)23-17-19-18(16-22(23)36(2,32)33)26(30)24-20(28)13-14-21(29)25(24)27(19)31/h13-14,16-17,28-29H,3-12,15H2,1-2H3. The van der Waals surface area contributed by atoms with Crippen LogP contribution >= 0.6 is 0 Å².